The Hall–Kier alpha value is -2.67. The average Bonchev–Trinajstić information content (AvgIpc) is 2.46. The summed E-state index contributed by atoms with van der Waals surface area (Å²) < 4.78 is 4.67. The van der Waals surface area contributed by atoms with Crippen LogP contribution in [0.2, 0.25) is 0 Å². The third-order valence-corrected chi connectivity index (χ3v) is 2.48. The molecule has 0 atom stereocenters. The molecule has 4 nitrogen and oxygen atoms in total. The van der Waals surface area contributed by atoms with E-state index in [-0.39, 0.29) is 5.97 Å². The molecule has 0 unspecified atom stereocenters. The minimum atomic E-state index is -0.378. The van der Waals surface area contributed by atoms with Crippen LogP contribution in [-0.2, 0) is 4.74 Å². The molecule has 0 N–H and O–H groups in total. The Kier molecular flexibility index (Phi) is 3.35. The van der Waals surface area contributed by atoms with Gasteiger partial charge < -0.3 is 9.58 Å². The first-order valence-corrected chi connectivity index (χ1v) is 5.27. The van der Waals surface area contributed by atoms with E-state index in [2.05, 4.69) is 14.6 Å². The van der Waals surface area contributed by atoms with E-state index >= 15 is 0 Å². The van der Waals surface area contributed by atoms with E-state index in [9.17, 15) is 4.79 Å². The van der Waals surface area contributed by atoms with E-state index in [0.717, 1.165) is 11.1 Å². The number of methoxy groups -OCH3 is 1. The summed E-state index contributed by atoms with van der Waals surface area (Å²) in [6, 6.07) is 10.5. The van der Waals surface area contributed by atoms with Gasteiger partial charge in [-0.3, -0.25) is 0 Å². The molecule has 0 amide bonds. The van der Waals surface area contributed by atoms with Gasteiger partial charge in [-0.05, 0) is 35.4 Å². The van der Waals surface area contributed by atoms with E-state index < -0.39 is 0 Å². The number of hydrogen-bond acceptors (Lipinski definition) is 3. The average molecular weight is 238 g/mol. The van der Waals surface area contributed by atoms with Crippen LogP contribution in [0.4, 0.5) is 5.82 Å². The Balaban J connectivity index is 2.45. The molecule has 4 heteroatoms. The molecule has 0 bridgehead atoms. The molecule has 0 radical (unpaired) electrons. The van der Waals surface area contributed by atoms with E-state index in [1.165, 1.54) is 7.11 Å². The van der Waals surface area contributed by atoms with Crippen LogP contribution >= 0.6 is 0 Å². The molecule has 0 saturated heterocycles. The second-order valence-corrected chi connectivity index (χ2v) is 3.59. The predicted octanol–water partition coefficient (Wildman–Crippen LogP) is 3.09. The topological polar surface area (TPSA) is 43.5 Å². The van der Waals surface area contributed by atoms with Crippen molar-refractivity contribution in [2.45, 2.75) is 0 Å². The van der Waals surface area contributed by atoms with E-state index in [1.54, 1.807) is 36.5 Å². The lowest BCUT2D eigenvalue weighted by atomic mass is 10.0. The van der Waals surface area contributed by atoms with Gasteiger partial charge in [0, 0.05) is 0 Å². The largest absolute Gasteiger partial charge is 0.465 e. The van der Waals surface area contributed by atoms with Crippen LogP contribution in [0.5, 0.6) is 0 Å². The lowest BCUT2D eigenvalue weighted by Crippen LogP contribution is -2.00. The first kappa shape index (κ1) is 11.8. The van der Waals surface area contributed by atoms with Crippen LogP contribution in [0.3, 0.4) is 0 Å². The summed E-state index contributed by atoms with van der Waals surface area (Å²) >= 11 is 0. The molecule has 1 heterocycles. The Morgan fingerprint density at radius 1 is 1.28 bits per heavy atom. The van der Waals surface area contributed by atoms with Gasteiger partial charge in [0.05, 0.1) is 12.7 Å². The molecule has 2 rings (SSSR count). The van der Waals surface area contributed by atoms with Crippen molar-refractivity contribution >= 4 is 11.8 Å². The number of pyridine rings is 1. The van der Waals surface area contributed by atoms with Crippen molar-refractivity contribution in [3.63, 3.8) is 0 Å². The minimum Gasteiger partial charge on any atom is -0.465 e. The van der Waals surface area contributed by atoms with Crippen LogP contribution in [0, 0.1) is 6.57 Å². The molecule has 0 spiro atoms. The predicted molar refractivity (Wildman–Crippen MR) is 67.3 cm³/mol. The molecule has 18 heavy (non-hydrogen) atoms. The zero-order valence-electron chi connectivity index (χ0n) is 9.75. The smallest absolute Gasteiger partial charge is 0.337 e. The van der Waals surface area contributed by atoms with Gasteiger partial charge in [0.1, 0.15) is 6.20 Å². The number of hydrogen-bond donors (Lipinski definition) is 0. The maximum atomic E-state index is 11.4. The van der Waals surface area contributed by atoms with Gasteiger partial charge in [0.2, 0.25) is 0 Å². The number of esters is 1. The molecule has 88 valence electrons. The summed E-state index contributed by atoms with van der Waals surface area (Å²) in [7, 11) is 1.35. The monoisotopic (exact) mass is 238 g/mol. The van der Waals surface area contributed by atoms with Gasteiger partial charge in [-0.25, -0.2) is 4.79 Å². The maximum absolute atomic E-state index is 11.4. The highest BCUT2D eigenvalue weighted by Crippen LogP contribution is 2.23. The Labute approximate surface area is 105 Å². The number of rotatable bonds is 2. The van der Waals surface area contributed by atoms with Crippen LogP contribution < -0.4 is 0 Å². The van der Waals surface area contributed by atoms with Crippen molar-refractivity contribution in [1.82, 2.24) is 4.98 Å². The van der Waals surface area contributed by atoms with E-state index in [1.807, 2.05) is 6.07 Å². The molecular formula is C14H10N2O2. The third kappa shape index (κ3) is 2.36. The summed E-state index contributed by atoms with van der Waals surface area (Å²) in [5.74, 6) is -0.0488. The van der Waals surface area contributed by atoms with Crippen molar-refractivity contribution in [2.24, 2.45) is 0 Å². The van der Waals surface area contributed by atoms with Gasteiger partial charge in [-0.1, -0.05) is 18.7 Å². The summed E-state index contributed by atoms with van der Waals surface area (Å²) in [5.41, 5.74) is 2.18. The second kappa shape index (κ2) is 5.11. The van der Waals surface area contributed by atoms with Gasteiger partial charge >= 0.3 is 5.97 Å². The second-order valence-electron chi connectivity index (χ2n) is 3.59. The van der Waals surface area contributed by atoms with Crippen LogP contribution in [0.25, 0.3) is 16.0 Å². The highest BCUT2D eigenvalue weighted by Gasteiger charge is 2.07. The summed E-state index contributed by atoms with van der Waals surface area (Å²) in [4.78, 5) is 18.6. The first-order chi connectivity index (χ1) is 8.74. The fraction of sp³-hybridized carbons (Fsp3) is 0.0714. The molecule has 0 fully saturated rings. The fourth-order valence-electron chi connectivity index (χ4n) is 1.60. The molecule has 0 aliphatic rings. The SMILES string of the molecule is [C-]#[N+]c1cc(-c2cccc(C(=O)OC)c2)ccn1. The first-order valence-electron chi connectivity index (χ1n) is 5.27. The zero-order valence-corrected chi connectivity index (χ0v) is 9.75. The van der Waals surface area contributed by atoms with Crippen molar-refractivity contribution in [3.05, 3.63) is 59.6 Å². The molecule has 2 aromatic rings. The highest BCUT2D eigenvalue weighted by molar-refractivity contribution is 5.91. The standard InChI is InChI=1S/C14H10N2O2/c1-15-13-9-11(6-7-16-13)10-4-3-5-12(8-10)14(17)18-2/h3-9H,2H3. The van der Waals surface area contributed by atoms with Crippen molar-refractivity contribution < 1.29 is 9.53 Å². The molecule has 0 aliphatic carbocycles. The third-order valence-electron chi connectivity index (χ3n) is 2.48. The van der Waals surface area contributed by atoms with E-state index in [0.29, 0.717) is 11.4 Å². The highest BCUT2D eigenvalue weighted by atomic mass is 16.5. The number of carbonyl (C=O) groups excluding carboxylic acids is 1. The Morgan fingerprint density at radius 3 is 2.78 bits per heavy atom. The maximum Gasteiger partial charge on any atom is 0.337 e. The molecule has 0 saturated carbocycles. The van der Waals surface area contributed by atoms with Crippen molar-refractivity contribution in [3.8, 4) is 11.1 Å². The van der Waals surface area contributed by atoms with E-state index in [4.69, 9.17) is 6.57 Å². The molecule has 1 aromatic carbocycles. The Morgan fingerprint density at radius 2 is 2.06 bits per heavy atom. The Bertz CT molecular complexity index is 630. The molecular weight excluding hydrogens is 228 g/mol. The normalized spacial score (nSPS) is 9.56. The quantitative estimate of drug-likeness (QED) is 0.596. The van der Waals surface area contributed by atoms with Crippen LogP contribution in [-0.4, -0.2) is 18.1 Å². The minimum absolute atomic E-state index is 0.330. The van der Waals surface area contributed by atoms with Crippen molar-refractivity contribution in [1.29, 1.82) is 0 Å². The van der Waals surface area contributed by atoms with Crippen LogP contribution in [0.1, 0.15) is 10.4 Å². The molecule has 0 aliphatic heterocycles. The van der Waals surface area contributed by atoms with Gasteiger partial charge in [-0.2, -0.15) is 0 Å². The number of aromatic nitrogens is 1. The number of ether oxygens (including phenoxy) is 1. The fourth-order valence-corrected chi connectivity index (χ4v) is 1.60. The van der Waals surface area contributed by atoms with Crippen LogP contribution in [0.15, 0.2) is 42.6 Å². The number of nitrogens with zero attached hydrogens (tertiary/aromatic N) is 2. The zero-order chi connectivity index (χ0) is 13.0. The summed E-state index contributed by atoms with van der Waals surface area (Å²) in [5, 5.41) is 0. The lowest BCUT2D eigenvalue weighted by molar-refractivity contribution is 0.0601. The molecule has 1 aromatic heterocycles. The summed E-state index contributed by atoms with van der Waals surface area (Å²) in [6.07, 6.45) is 1.58. The number of carbonyl (C=O) groups is 1. The van der Waals surface area contributed by atoms with Gasteiger partial charge in [0.15, 0.2) is 0 Å². The van der Waals surface area contributed by atoms with Gasteiger partial charge in [-0.15, -0.1) is 4.98 Å². The number of benzene rings is 1. The lowest BCUT2D eigenvalue weighted by Gasteiger charge is -2.04. The van der Waals surface area contributed by atoms with Crippen molar-refractivity contribution in [2.75, 3.05) is 7.11 Å². The van der Waals surface area contributed by atoms with Gasteiger partial charge in [0.25, 0.3) is 5.82 Å². The summed E-state index contributed by atoms with van der Waals surface area (Å²) in [6.45, 7) is 6.93.